The first-order valence-electron chi connectivity index (χ1n) is 8.41. The van der Waals surface area contributed by atoms with Gasteiger partial charge in [-0.15, -0.1) is 0 Å². The summed E-state index contributed by atoms with van der Waals surface area (Å²) in [5, 5.41) is 8.81. The van der Waals surface area contributed by atoms with Crippen LogP contribution in [-0.4, -0.2) is 72.7 Å². The molecule has 138 valence electrons. The molecule has 1 N–H and O–H groups in total. The highest BCUT2D eigenvalue weighted by atomic mass is 19.1. The monoisotopic (exact) mass is 352 g/mol. The van der Waals surface area contributed by atoms with Crippen molar-refractivity contribution in [1.29, 1.82) is 0 Å². The Morgan fingerprint density at radius 3 is 2.84 bits per heavy atom. The number of amides is 1. The van der Waals surface area contributed by atoms with Gasteiger partial charge in [-0.3, -0.25) is 14.5 Å². The van der Waals surface area contributed by atoms with Crippen LogP contribution in [0.4, 0.5) is 4.39 Å². The van der Waals surface area contributed by atoms with Gasteiger partial charge in [-0.1, -0.05) is 25.1 Å². The Morgan fingerprint density at radius 1 is 1.44 bits per heavy atom. The lowest BCUT2D eigenvalue weighted by Gasteiger charge is -2.36. The molecule has 7 heteroatoms. The lowest BCUT2D eigenvalue weighted by Crippen LogP contribution is -2.51. The number of carbonyl (C=O) groups is 2. The molecular formula is C18H25FN2O4. The minimum atomic E-state index is -0.898. The number of hydrogen-bond donors (Lipinski definition) is 1. The molecule has 2 rings (SSSR count). The van der Waals surface area contributed by atoms with Crippen LogP contribution in [0.15, 0.2) is 24.3 Å². The van der Waals surface area contributed by atoms with Crippen LogP contribution in [0.25, 0.3) is 0 Å². The highest BCUT2D eigenvalue weighted by Gasteiger charge is 2.28. The maximum absolute atomic E-state index is 13.8. The molecular weight excluding hydrogens is 327 g/mol. The van der Waals surface area contributed by atoms with Crippen molar-refractivity contribution in [2.24, 2.45) is 5.92 Å². The largest absolute Gasteiger partial charge is 0.480 e. The molecule has 1 aliphatic heterocycles. The van der Waals surface area contributed by atoms with Crippen LogP contribution < -0.4 is 0 Å². The lowest BCUT2D eigenvalue weighted by molar-refractivity contribution is -0.144. The molecule has 1 aromatic rings. The number of ether oxygens (including phenoxy) is 1. The zero-order valence-electron chi connectivity index (χ0n) is 14.7. The normalized spacial score (nSPS) is 19.0. The molecule has 1 saturated heterocycles. The summed E-state index contributed by atoms with van der Waals surface area (Å²) in [5.41, 5.74) is 0.536. The van der Waals surface area contributed by atoms with Gasteiger partial charge in [0, 0.05) is 25.6 Å². The van der Waals surface area contributed by atoms with Crippen LogP contribution in [-0.2, 0) is 20.7 Å². The maximum atomic E-state index is 13.8. The highest BCUT2D eigenvalue weighted by Crippen LogP contribution is 2.16. The molecule has 0 saturated carbocycles. The van der Waals surface area contributed by atoms with Crippen LogP contribution in [0.5, 0.6) is 0 Å². The molecule has 1 fully saturated rings. The van der Waals surface area contributed by atoms with Crippen LogP contribution >= 0.6 is 0 Å². The van der Waals surface area contributed by atoms with Crippen molar-refractivity contribution in [2.45, 2.75) is 19.4 Å². The Bertz CT molecular complexity index is 610. The fourth-order valence-electron chi connectivity index (χ4n) is 3.07. The number of morpholine rings is 1. The van der Waals surface area contributed by atoms with E-state index in [9.17, 15) is 14.0 Å². The molecule has 2 atom stereocenters. The zero-order chi connectivity index (χ0) is 18.4. The molecule has 1 heterocycles. The van der Waals surface area contributed by atoms with E-state index >= 15 is 0 Å². The van der Waals surface area contributed by atoms with Gasteiger partial charge in [0.05, 0.1) is 19.3 Å². The summed E-state index contributed by atoms with van der Waals surface area (Å²) >= 11 is 0. The Labute approximate surface area is 147 Å². The molecule has 6 nitrogen and oxygen atoms in total. The van der Waals surface area contributed by atoms with Gasteiger partial charge >= 0.3 is 5.97 Å². The van der Waals surface area contributed by atoms with Gasteiger partial charge < -0.3 is 14.7 Å². The van der Waals surface area contributed by atoms with Crippen molar-refractivity contribution in [3.8, 4) is 0 Å². The number of carboxylic acids is 1. The van der Waals surface area contributed by atoms with E-state index in [1.54, 1.807) is 42.0 Å². The van der Waals surface area contributed by atoms with Crippen LogP contribution in [0.3, 0.4) is 0 Å². The van der Waals surface area contributed by atoms with Crippen molar-refractivity contribution >= 4 is 11.9 Å². The van der Waals surface area contributed by atoms with E-state index in [1.807, 2.05) is 0 Å². The quantitative estimate of drug-likeness (QED) is 0.800. The number of nitrogens with zero attached hydrogens (tertiary/aromatic N) is 2. The Balaban J connectivity index is 1.90. The average Bonchev–Trinajstić information content (AvgIpc) is 2.55. The minimum absolute atomic E-state index is 0.0301. The number of halogens is 1. The van der Waals surface area contributed by atoms with Gasteiger partial charge in [0.25, 0.3) is 0 Å². The number of likely N-dealkylation sites (N-methyl/N-ethyl adjacent to an activating group) is 1. The number of carbonyl (C=O) groups excluding carboxylic acids is 1. The van der Waals surface area contributed by atoms with Gasteiger partial charge in [0.15, 0.2) is 0 Å². The fraction of sp³-hybridized carbons (Fsp3) is 0.556. The van der Waals surface area contributed by atoms with E-state index in [0.29, 0.717) is 38.2 Å². The van der Waals surface area contributed by atoms with E-state index in [1.165, 1.54) is 6.07 Å². The van der Waals surface area contributed by atoms with Crippen molar-refractivity contribution in [3.63, 3.8) is 0 Å². The third-order valence-electron chi connectivity index (χ3n) is 4.28. The SMILES string of the molecule is C[C@@H](Cc1ccccc1F)C(=O)N1CCO[C@H](CN(C)CC(=O)O)C1. The van der Waals surface area contributed by atoms with Gasteiger partial charge in [0.2, 0.25) is 5.91 Å². The standard InChI is InChI=1S/C18H25FN2O4/c1-13(9-14-5-3-4-6-16(14)19)18(24)21-7-8-25-15(11-21)10-20(2)12-17(22)23/h3-6,13,15H,7-12H2,1-2H3,(H,22,23)/t13-,15+/m0/s1. The molecule has 0 bridgehead atoms. The van der Waals surface area contributed by atoms with Crippen molar-refractivity contribution < 1.29 is 23.8 Å². The second-order valence-electron chi connectivity index (χ2n) is 6.56. The molecule has 0 unspecified atom stereocenters. The van der Waals surface area contributed by atoms with E-state index < -0.39 is 5.97 Å². The average molecular weight is 352 g/mol. The summed E-state index contributed by atoms with van der Waals surface area (Å²) < 4.78 is 19.4. The highest BCUT2D eigenvalue weighted by molar-refractivity contribution is 5.79. The zero-order valence-corrected chi connectivity index (χ0v) is 14.7. The first-order valence-corrected chi connectivity index (χ1v) is 8.41. The smallest absolute Gasteiger partial charge is 0.317 e. The van der Waals surface area contributed by atoms with Crippen molar-refractivity contribution in [1.82, 2.24) is 9.80 Å². The van der Waals surface area contributed by atoms with Crippen molar-refractivity contribution in [3.05, 3.63) is 35.6 Å². The third-order valence-corrected chi connectivity index (χ3v) is 4.28. The van der Waals surface area contributed by atoms with E-state index in [0.717, 1.165) is 0 Å². The van der Waals surface area contributed by atoms with E-state index in [-0.39, 0.29) is 30.3 Å². The maximum Gasteiger partial charge on any atom is 0.317 e. The van der Waals surface area contributed by atoms with E-state index in [4.69, 9.17) is 9.84 Å². The molecule has 0 aromatic heterocycles. The lowest BCUT2D eigenvalue weighted by atomic mass is 9.99. The minimum Gasteiger partial charge on any atom is -0.480 e. The van der Waals surface area contributed by atoms with Crippen LogP contribution in [0.1, 0.15) is 12.5 Å². The number of benzene rings is 1. The predicted molar refractivity (Wildman–Crippen MR) is 90.7 cm³/mol. The first-order chi connectivity index (χ1) is 11.9. The van der Waals surface area contributed by atoms with Crippen LogP contribution in [0, 0.1) is 11.7 Å². The molecule has 1 amide bonds. The van der Waals surface area contributed by atoms with Gasteiger partial charge in [-0.25, -0.2) is 4.39 Å². The van der Waals surface area contributed by atoms with Crippen molar-refractivity contribution in [2.75, 3.05) is 39.8 Å². The second-order valence-corrected chi connectivity index (χ2v) is 6.56. The van der Waals surface area contributed by atoms with Gasteiger partial charge in [0.1, 0.15) is 5.82 Å². The number of carboxylic acid groups (broad SMARTS) is 1. The van der Waals surface area contributed by atoms with Crippen LogP contribution in [0.2, 0.25) is 0 Å². The molecule has 0 spiro atoms. The Hall–Kier alpha value is -1.99. The number of hydrogen-bond acceptors (Lipinski definition) is 4. The summed E-state index contributed by atoms with van der Waals surface area (Å²) in [6, 6.07) is 6.49. The topological polar surface area (TPSA) is 70.1 Å². The summed E-state index contributed by atoms with van der Waals surface area (Å²) in [6.07, 6.45) is 0.134. The molecule has 1 aliphatic rings. The van der Waals surface area contributed by atoms with Gasteiger partial charge in [-0.2, -0.15) is 0 Å². The summed E-state index contributed by atoms with van der Waals surface area (Å²) in [7, 11) is 1.71. The summed E-state index contributed by atoms with van der Waals surface area (Å²) in [4.78, 5) is 26.8. The Kier molecular flexibility index (Phi) is 6.90. The molecule has 25 heavy (non-hydrogen) atoms. The molecule has 0 aliphatic carbocycles. The Morgan fingerprint density at radius 2 is 2.16 bits per heavy atom. The predicted octanol–water partition coefficient (Wildman–Crippen LogP) is 1.25. The van der Waals surface area contributed by atoms with E-state index in [2.05, 4.69) is 0 Å². The second kappa shape index (κ2) is 8.92. The summed E-state index contributed by atoms with van der Waals surface area (Å²) in [5.74, 6) is -1.55. The molecule has 0 radical (unpaired) electrons. The third kappa shape index (κ3) is 5.79. The fourth-order valence-corrected chi connectivity index (χ4v) is 3.07. The molecule has 1 aromatic carbocycles. The van der Waals surface area contributed by atoms with Gasteiger partial charge in [-0.05, 0) is 25.1 Å². The summed E-state index contributed by atoms with van der Waals surface area (Å²) in [6.45, 7) is 3.51. The first kappa shape index (κ1) is 19.3. The number of aliphatic carboxylic acids is 1. The number of rotatable bonds is 7.